The molecule has 0 amide bonds. The maximum atomic E-state index is 12.1. The average molecular weight is 313 g/mol. The highest BCUT2D eigenvalue weighted by Crippen LogP contribution is 2.24. The molecule has 2 nitrogen and oxygen atoms in total. The van der Waals surface area contributed by atoms with E-state index in [1.165, 1.54) is 0 Å². The van der Waals surface area contributed by atoms with Crippen molar-refractivity contribution in [3.63, 3.8) is 0 Å². The molecular formula is C13H13BrO2S. The number of allylic oxidation sites excluding steroid dienone is 3. The minimum Gasteiger partial charge on any atom is -0.223 e. The van der Waals surface area contributed by atoms with Crippen molar-refractivity contribution < 1.29 is 8.42 Å². The number of benzene rings is 1. The van der Waals surface area contributed by atoms with Crippen LogP contribution in [0, 0.1) is 0 Å². The van der Waals surface area contributed by atoms with Gasteiger partial charge in [-0.25, -0.2) is 8.42 Å². The molecule has 0 aromatic heterocycles. The van der Waals surface area contributed by atoms with Gasteiger partial charge in [-0.2, -0.15) is 0 Å². The Hall–Kier alpha value is -0.870. The molecule has 2 rings (SSSR count). The summed E-state index contributed by atoms with van der Waals surface area (Å²) in [6.07, 6.45) is 5.52. The zero-order chi connectivity index (χ0) is 12.3. The summed E-state index contributed by atoms with van der Waals surface area (Å²) in [5.74, 6) is 0.119. The molecule has 1 aliphatic rings. The predicted octanol–water partition coefficient (Wildman–Crippen LogP) is 3.46. The van der Waals surface area contributed by atoms with Gasteiger partial charge in [0.15, 0.2) is 9.84 Å². The van der Waals surface area contributed by atoms with E-state index in [1.54, 1.807) is 24.3 Å². The fraction of sp³-hybridized carbons (Fsp3) is 0.231. The van der Waals surface area contributed by atoms with Crippen molar-refractivity contribution in [2.75, 3.05) is 5.75 Å². The second-order valence-electron chi connectivity index (χ2n) is 4.01. The van der Waals surface area contributed by atoms with Crippen molar-refractivity contribution in [1.29, 1.82) is 0 Å². The number of halogens is 1. The molecule has 0 unspecified atom stereocenters. The highest BCUT2D eigenvalue weighted by Gasteiger charge is 2.17. The smallest absolute Gasteiger partial charge is 0.182 e. The van der Waals surface area contributed by atoms with E-state index in [1.807, 2.05) is 18.2 Å². The Balaban J connectivity index is 2.20. The first-order valence-corrected chi connectivity index (χ1v) is 7.84. The van der Waals surface area contributed by atoms with Crippen LogP contribution >= 0.6 is 15.9 Å². The summed E-state index contributed by atoms with van der Waals surface area (Å²) in [6, 6.07) is 8.60. The van der Waals surface area contributed by atoms with E-state index < -0.39 is 9.84 Å². The fourth-order valence-electron chi connectivity index (χ4n) is 1.73. The molecule has 0 heterocycles. The summed E-state index contributed by atoms with van der Waals surface area (Å²) in [4.78, 5) is 0.398. The SMILES string of the molecule is O=S(=O)(CC1=CC=C(Br)CC1)c1ccccc1. The van der Waals surface area contributed by atoms with E-state index in [2.05, 4.69) is 15.9 Å². The molecule has 1 aromatic carbocycles. The minimum absolute atomic E-state index is 0.119. The van der Waals surface area contributed by atoms with Gasteiger partial charge in [-0.1, -0.05) is 51.9 Å². The quantitative estimate of drug-likeness (QED) is 0.856. The summed E-state index contributed by atoms with van der Waals surface area (Å²) >= 11 is 3.41. The molecule has 0 aliphatic heterocycles. The lowest BCUT2D eigenvalue weighted by molar-refractivity contribution is 0.597. The van der Waals surface area contributed by atoms with Gasteiger partial charge in [0.05, 0.1) is 10.6 Å². The molecule has 0 saturated heterocycles. The maximum Gasteiger partial charge on any atom is 0.182 e. The fourth-order valence-corrected chi connectivity index (χ4v) is 3.53. The van der Waals surface area contributed by atoms with Gasteiger partial charge in [0.1, 0.15) is 0 Å². The van der Waals surface area contributed by atoms with Crippen LogP contribution in [0.15, 0.2) is 57.4 Å². The molecular weight excluding hydrogens is 300 g/mol. The Morgan fingerprint density at radius 3 is 2.35 bits per heavy atom. The van der Waals surface area contributed by atoms with Gasteiger partial charge in [-0.15, -0.1) is 0 Å². The first-order chi connectivity index (χ1) is 8.08. The van der Waals surface area contributed by atoms with Crippen LogP contribution in [0.4, 0.5) is 0 Å². The third-order valence-corrected chi connectivity index (χ3v) is 5.06. The third-order valence-electron chi connectivity index (χ3n) is 2.66. The van der Waals surface area contributed by atoms with Gasteiger partial charge in [0.2, 0.25) is 0 Å². The third kappa shape index (κ3) is 3.30. The van der Waals surface area contributed by atoms with Crippen molar-refractivity contribution in [2.24, 2.45) is 0 Å². The number of hydrogen-bond acceptors (Lipinski definition) is 2. The van der Waals surface area contributed by atoms with Crippen LogP contribution in [0.2, 0.25) is 0 Å². The van der Waals surface area contributed by atoms with Crippen molar-refractivity contribution in [2.45, 2.75) is 17.7 Å². The van der Waals surface area contributed by atoms with Crippen LogP contribution in [0.5, 0.6) is 0 Å². The normalized spacial score (nSPS) is 16.3. The van der Waals surface area contributed by atoms with Crippen molar-refractivity contribution in [3.05, 3.63) is 52.5 Å². The largest absolute Gasteiger partial charge is 0.223 e. The highest BCUT2D eigenvalue weighted by atomic mass is 79.9. The van der Waals surface area contributed by atoms with Crippen LogP contribution in [0.3, 0.4) is 0 Å². The summed E-state index contributed by atoms with van der Waals surface area (Å²) in [6.45, 7) is 0. The second-order valence-corrected chi connectivity index (χ2v) is 7.02. The van der Waals surface area contributed by atoms with Crippen LogP contribution in [-0.4, -0.2) is 14.2 Å². The summed E-state index contributed by atoms with van der Waals surface area (Å²) in [5, 5.41) is 0. The van der Waals surface area contributed by atoms with Gasteiger partial charge in [-0.05, 0) is 29.5 Å². The molecule has 90 valence electrons. The minimum atomic E-state index is -3.19. The van der Waals surface area contributed by atoms with E-state index in [0.717, 1.165) is 22.9 Å². The summed E-state index contributed by atoms with van der Waals surface area (Å²) < 4.78 is 25.3. The Bertz CT molecular complexity index is 556. The first-order valence-electron chi connectivity index (χ1n) is 5.40. The second kappa shape index (κ2) is 5.19. The molecule has 0 saturated carbocycles. The van der Waals surface area contributed by atoms with E-state index in [4.69, 9.17) is 0 Å². The molecule has 0 bridgehead atoms. The number of sulfone groups is 1. The van der Waals surface area contributed by atoms with Crippen molar-refractivity contribution in [3.8, 4) is 0 Å². The van der Waals surface area contributed by atoms with Crippen LogP contribution in [0.1, 0.15) is 12.8 Å². The molecule has 1 aromatic rings. The molecule has 0 radical (unpaired) electrons. The topological polar surface area (TPSA) is 34.1 Å². The highest BCUT2D eigenvalue weighted by molar-refractivity contribution is 9.11. The van der Waals surface area contributed by atoms with Gasteiger partial charge >= 0.3 is 0 Å². The first kappa shape index (κ1) is 12.6. The van der Waals surface area contributed by atoms with Crippen LogP contribution in [-0.2, 0) is 9.84 Å². The van der Waals surface area contributed by atoms with Gasteiger partial charge in [-0.3, -0.25) is 0 Å². The lowest BCUT2D eigenvalue weighted by atomic mass is 10.1. The Kier molecular flexibility index (Phi) is 3.84. The maximum absolute atomic E-state index is 12.1. The molecule has 17 heavy (non-hydrogen) atoms. The van der Waals surface area contributed by atoms with E-state index in [-0.39, 0.29) is 5.75 Å². The van der Waals surface area contributed by atoms with E-state index in [0.29, 0.717) is 4.90 Å². The number of rotatable bonds is 3. The van der Waals surface area contributed by atoms with E-state index in [9.17, 15) is 8.42 Å². The lowest BCUT2D eigenvalue weighted by Gasteiger charge is -2.11. The monoisotopic (exact) mass is 312 g/mol. The molecule has 0 spiro atoms. The van der Waals surface area contributed by atoms with Crippen molar-refractivity contribution >= 4 is 25.8 Å². The molecule has 1 aliphatic carbocycles. The zero-order valence-electron chi connectivity index (χ0n) is 9.27. The Morgan fingerprint density at radius 2 is 1.76 bits per heavy atom. The number of hydrogen-bond donors (Lipinski definition) is 0. The van der Waals surface area contributed by atoms with Gasteiger partial charge in [0, 0.05) is 0 Å². The summed E-state index contributed by atoms with van der Waals surface area (Å²) in [5.41, 5.74) is 0.969. The Labute approximate surface area is 110 Å². The summed E-state index contributed by atoms with van der Waals surface area (Å²) in [7, 11) is -3.19. The van der Waals surface area contributed by atoms with Crippen molar-refractivity contribution in [1.82, 2.24) is 0 Å². The lowest BCUT2D eigenvalue weighted by Crippen LogP contribution is -2.10. The molecule has 0 fully saturated rings. The van der Waals surface area contributed by atoms with Gasteiger partial charge < -0.3 is 0 Å². The van der Waals surface area contributed by atoms with Gasteiger partial charge in [0.25, 0.3) is 0 Å². The average Bonchev–Trinajstić information content (AvgIpc) is 2.33. The zero-order valence-corrected chi connectivity index (χ0v) is 11.7. The molecule has 0 atom stereocenters. The van der Waals surface area contributed by atoms with E-state index >= 15 is 0 Å². The Morgan fingerprint density at radius 1 is 1.06 bits per heavy atom. The van der Waals surface area contributed by atoms with Crippen LogP contribution < -0.4 is 0 Å². The van der Waals surface area contributed by atoms with Crippen LogP contribution in [0.25, 0.3) is 0 Å². The molecule has 0 N–H and O–H groups in total. The predicted molar refractivity (Wildman–Crippen MR) is 72.8 cm³/mol. The molecule has 4 heteroatoms. The standard InChI is InChI=1S/C13H13BrO2S/c14-12-8-6-11(7-9-12)10-17(15,16)13-4-2-1-3-5-13/h1-6,8H,7,9-10H2.